The van der Waals surface area contributed by atoms with Crippen LogP contribution in [0.5, 0.6) is 5.75 Å². The first-order valence-corrected chi connectivity index (χ1v) is 11.3. The number of hydrogen-bond donors (Lipinski definition) is 1. The highest BCUT2D eigenvalue weighted by atomic mass is 19.1. The van der Waals surface area contributed by atoms with Crippen molar-refractivity contribution in [2.75, 3.05) is 17.3 Å². The zero-order valence-electron chi connectivity index (χ0n) is 19.0. The molecule has 1 amide bonds. The van der Waals surface area contributed by atoms with Crippen LogP contribution in [0.25, 0.3) is 0 Å². The smallest absolute Gasteiger partial charge is 0.224 e. The molecule has 0 spiro atoms. The SMILES string of the molecule is COc1cccc([C@H]2CC(=O)C3=C(C2)Nc2ccccc2N(C(C)=O)[C@@H]3c2ccc(F)cc2)c1. The molecule has 0 fully saturated rings. The Hall–Kier alpha value is -3.93. The van der Waals surface area contributed by atoms with Gasteiger partial charge in [0.15, 0.2) is 5.78 Å². The quantitative estimate of drug-likeness (QED) is 0.545. The van der Waals surface area contributed by atoms with Crippen molar-refractivity contribution in [3.8, 4) is 5.75 Å². The molecule has 0 saturated heterocycles. The van der Waals surface area contributed by atoms with Crippen LogP contribution in [-0.2, 0) is 9.59 Å². The predicted octanol–water partition coefficient (Wildman–Crippen LogP) is 5.75. The number of carbonyl (C=O) groups excluding carboxylic acids is 2. The molecular weight excluding hydrogens is 431 g/mol. The van der Waals surface area contributed by atoms with Gasteiger partial charge in [-0.2, -0.15) is 0 Å². The maximum Gasteiger partial charge on any atom is 0.224 e. The summed E-state index contributed by atoms with van der Waals surface area (Å²) in [5.74, 6) is 0.122. The van der Waals surface area contributed by atoms with E-state index >= 15 is 0 Å². The van der Waals surface area contributed by atoms with E-state index in [0.29, 0.717) is 29.7 Å². The number of hydrogen-bond acceptors (Lipinski definition) is 4. The van der Waals surface area contributed by atoms with E-state index in [1.54, 1.807) is 24.1 Å². The number of anilines is 2. The number of amides is 1. The van der Waals surface area contributed by atoms with Crippen molar-refractivity contribution >= 4 is 23.1 Å². The summed E-state index contributed by atoms with van der Waals surface area (Å²) in [7, 11) is 1.62. The average molecular weight is 457 g/mol. The van der Waals surface area contributed by atoms with Crippen molar-refractivity contribution in [3.63, 3.8) is 0 Å². The first-order chi connectivity index (χ1) is 16.5. The van der Waals surface area contributed by atoms with Crippen LogP contribution in [0.15, 0.2) is 84.1 Å². The molecule has 0 aromatic heterocycles. The van der Waals surface area contributed by atoms with Crippen LogP contribution in [0.4, 0.5) is 15.8 Å². The summed E-state index contributed by atoms with van der Waals surface area (Å²) >= 11 is 0. The van der Waals surface area contributed by atoms with Gasteiger partial charge in [-0.3, -0.25) is 14.5 Å². The van der Waals surface area contributed by atoms with E-state index in [2.05, 4.69) is 5.32 Å². The predicted molar refractivity (Wildman–Crippen MR) is 129 cm³/mol. The van der Waals surface area contributed by atoms with E-state index in [0.717, 1.165) is 22.7 Å². The zero-order valence-corrected chi connectivity index (χ0v) is 19.0. The maximum absolute atomic E-state index is 13.8. The number of benzene rings is 3. The molecule has 0 saturated carbocycles. The molecule has 0 unspecified atom stereocenters. The number of halogens is 1. The minimum absolute atomic E-state index is 0.0289. The van der Waals surface area contributed by atoms with Crippen LogP contribution in [-0.4, -0.2) is 18.8 Å². The van der Waals surface area contributed by atoms with E-state index < -0.39 is 6.04 Å². The molecule has 2 aliphatic rings. The van der Waals surface area contributed by atoms with Crippen LogP contribution in [0.1, 0.15) is 42.9 Å². The number of nitrogens with zero attached hydrogens (tertiary/aromatic N) is 1. The highest BCUT2D eigenvalue weighted by Gasteiger charge is 2.40. The number of fused-ring (bicyclic) bond motifs is 1. The van der Waals surface area contributed by atoms with Crippen molar-refractivity contribution in [2.45, 2.75) is 31.7 Å². The second kappa shape index (κ2) is 8.78. The van der Waals surface area contributed by atoms with Gasteiger partial charge in [0.25, 0.3) is 0 Å². The average Bonchev–Trinajstić information content (AvgIpc) is 2.99. The summed E-state index contributed by atoms with van der Waals surface area (Å²) in [6, 6.07) is 20.7. The standard InChI is InChI=1S/C28H25FN2O3/c1-17(32)31-25-9-4-3-8-23(25)30-24-15-20(19-6-5-7-22(14-19)34-2)16-26(33)27(24)28(31)18-10-12-21(29)13-11-18/h3-14,20,28,30H,15-16H2,1-2H3/t20-,28-/m1/s1. The molecule has 1 aliphatic heterocycles. The Morgan fingerprint density at radius 2 is 1.76 bits per heavy atom. The van der Waals surface area contributed by atoms with Gasteiger partial charge in [-0.05, 0) is 59.9 Å². The molecule has 2 atom stereocenters. The Bertz CT molecular complexity index is 1300. The van der Waals surface area contributed by atoms with Gasteiger partial charge in [-0.15, -0.1) is 0 Å². The van der Waals surface area contributed by atoms with E-state index in [4.69, 9.17) is 4.74 Å². The van der Waals surface area contributed by atoms with Crippen molar-refractivity contribution in [1.82, 2.24) is 0 Å². The third-order valence-electron chi connectivity index (χ3n) is 6.58. The van der Waals surface area contributed by atoms with Crippen LogP contribution in [0.3, 0.4) is 0 Å². The Morgan fingerprint density at radius 3 is 2.50 bits per heavy atom. The van der Waals surface area contributed by atoms with Crippen molar-refractivity contribution in [3.05, 3.63) is 101 Å². The number of nitrogens with one attached hydrogen (secondary N) is 1. The Kier molecular flexibility index (Phi) is 5.65. The molecule has 6 heteroatoms. The first-order valence-electron chi connectivity index (χ1n) is 11.3. The normalized spacial score (nSPS) is 19.6. The Balaban J connectivity index is 1.68. The summed E-state index contributed by atoms with van der Waals surface area (Å²) in [6.45, 7) is 1.49. The van der Waals surface area contributed by atoms with Gasteiger partial charge in [0.1, 0.15) is 11.6 Å². The number of para-hydroxylation sites is 2. The summed E-state index contributed by atoms with van der Waals surface area (Å²) in [4.78, 5) is 28.4. The molecular formula is C28H25FN2O3. The molecule has 0 bridgehead atoms. The number of carbonyl (C=O) groups is 2. The number of methoxy groups -OCH3 is 1. The van der Waals surface area contributed by atoms with Gasteiger partial charge in [-0.1, -0.05) is 36.4 Å². The van der Waals surface area contributed by atoms with Crippen molar-refractivity contribution < 1.29 is 18.7 Å². The van der Waals surface area contributed by atoms with E-state index in [9.17, 15) is 14.0 Å². The summed E-state index contributed by atoms with van der Waals surface area (Å²) < 4.78 is 19.1. The molecule has 5 nitrogen and oxygen atoms in total. The highest BCUT2D eigenvalue weighted by molar-refractivity contribution is 6.06. The molecule has 34 heavy (non-hydrogen) atoms. The molecule has 1 aliphatic carbocycles. The molecule has 3 aromatic rings. The molecule has 1 N–H and O–H groups in total. The van der Waals surface area contributed by atoms with Crippen molar-refractivity contribution in [1.29, 1.82) is 0 Å². The van der Waals surface area contributed by atoms with Gasteiger partial charge < -0.3 is 10.1 Å². The summed E-state index contributed by atoms with van der Waals surface area (Å²) in [5.41, 5.74) is 4.50. The number of rotatable bonds is 3. The van der Waals surface area contributed by atoms with Gasteiger partial charge in [0.2, 0.25) is 5.91 Å². The number of ketones is 1. The molecule has 0 radical (unpaired) electrons. The fraction of sp³-hybridized carbons (Fsp3) is 0.214. The van der Waals surface area contributed by atoms with Crippen LogP contribution in [0, 0.1) is 5.82 Å². The minimum Gasteiger partial charge on any atom is -0.497 e. The van der Waals surface area contributed by atoms with Crippen LogP contribution < -0.4 is 15.0 Å². The molecule has 5 rings (SSSR count). The monoisotopic (exact) mass is 456 g/mol. The largest absolute Gasteiger partial charge is 0.497 e. The topological polar surface area (TPSA) is 58.6 Å². The van der Waals surface area contributed by atoms with Gasteiger partial charge in [0.05, 0.1) is 24.5 Å². The van der Waals surface area contributed by atoms with E-state index in [1.165, 1.54) is 19.1 Å². The number of ether oxygens (including phenoxy) is 1. The summed E-state index contributed by atoms with van der Waals surface area (Å²) in [6.07, 6.45) is 0.916. The van der Waals surface area contributed by atoms with Crippen molar-refractivity contribution in [2.24, 2.45) is 0 Å². The third-order valence-corrected chi connectivity index (χ3v) is 6.58. The lowest BCUT2D eigenvalue weighted by Gasteiger charge is -2.34. The maximum atomic E-state index is 13.8. The molecule has 3 aromatic carbocycles. The lowest BCUT2D eigenvalue weighted by molar-refractivity contribution is -0.117. The number of Topliss-reactive ketones (excluding diaryl/α,β-unsaturated/α-hetero) is 1. The van der Waals surface area contributed by atoms with E-state index in [1.807, 2.05) is 48.5 Å². The van der Waals surface area contributed by atoms with Gasteiger partial charge in [-0.25, -0.2) is 4.39 Å². The fourth-order valence-electron chi connectivity index (χ4n) is 5.03. The second-order valence-corrected chi connectivity index (χ2v) is 8.68. The van der Waals surface area contributed by atoms with Gasteiger partial charge in [0, 0.05) is 24.6 Å². The third kappa shape index (κ3) is 3.85. The zero-order chi connectivity index (χ0) is 23.8. The van der Waals surface area contributed by atoms with Crippen LogP contribution in [0.2, 0.25) is 0 Å². The number of allylic oxidation sites excluding steroid dienone is 1. The lowest BCUT2D eigenvalue weighted by Crippen LogP contribution is -2.37. The second-order valence-electron chi connectivity index (χ2n) is 8.68. The van der Waals surface area contributed by atoms with Gasteiger partial charge >= 0.3 is 0 Å². The molecule has 172 valence electrons. The highest BCUT2D eigenvalue weighted by Crippen LogP contribution is 2.47. The van der Waals surface area contributed by atoms with E-state index in [-0.39, 0.29) is 23.4 Å². The fourth-order valence-corrected chi connectivity index (χ4v) is 5.03. The lowest BCUT2D eigenvalue weighted by atomic mass is 9.78. The first kappa shape index (κ1) is 21.9. The molecule has 1 heterocycles. The summed E-state index contributed by atoms with van der Waals surface area (Å²) in [5, 5.41) is 3.48. The van der Waals surface area contributed by atoms with Crippen LogP contribution >= 0.6 is 0 Å². The minimum atomic E-state index is -0.650. The Morgan fingerprint density at radius 1 is 1.00 bits per heavy atom. The Labute approximate surface area is 197 Å².